The van der Waals surface area contributed by atoms with Crippen molar-refractivity contribution in [3.8, 4) is 33.4 Å². The van der Waals surface area contributed by atoms with Crippen LogP contribution in [0.5, 0.6) is 0 Å². The van der Waals surface area contributed by atoms with Gasteiger partial charge in [0.1, 0.15) is 11.2 Å². The molecule has 0 amide bonds. The molecule has 0 N–H and O–H groups in total. The Labute approximate surface area is 325 Å². The molecule has 0 aliphatic carbocycles. The lowest BCUT2D eigenvalue weighted by molar-refractivity contribution is 0.672. The van der Waals surface area contributed by atoms with E-state index in [2.05, 4.69) is 217 Å². The van der Waals surface area contributed by atoms with E-state index in [4.69, 9.17) is 4.42 Å². The summed E-state index contributed by atoms with van der Waals surface area (Å²) in [5.41, 5.74) is 12.2. The average Bonchev–Trinajstić information content (AvgIpc) is 3.66. The third-order valence-corrected chi connectivity index (χ3v) is 11.3. The first-order valence-corrected chi connectivity index (χ1v) is 19.2. The van der Waals surface area contributed by atoms with Crippen molar-refractivity contribution < 1.29 is 4.42 Å². The van der Waals surface area contributed by atoms with E-state index in [1.54, 1.807) is 0 Å². The van der Waals surface area contributed by atoms with Crippen molar-refractivity contribution in [2.75, 3.05) is 4.90 Å². The maximum atomic E-state index is 6.64. The molecule has 0 aliphatic heterocycles. The van der Waals surface area contributed by atoms with Crippen LogP contribution in [-0.2, 0) is 0 Å². The average molecular weight is 714 g/mol. The molecule has 0 atom stereocenters. The van der Waals surface area contributed by atoms with Gasteiger partial charge in [-0.1, -0.05) is 158 Å². The first-order valence-electron chi connectivity index (χ1n) is 19.2. The van der Waals surface area contributed by atoms with Crippen LogP contribution in [0.1, 0.15) is 0 Å². The molecule has 0 saturated heterocycles. The molecule has 56 heavy (non-hydrogen) atoms. The molecule has 0 saturated carbocycles. The lowest BCUT2D eigenvalue weighted by Gasteiger charge is -2.26. The molecule has 0 radical (unpaired) electrons. The van der Waals surface area contributed by atoms with Crippen LogP contribution in [0.25, 0.3) is 87.6 Å². The summed E-state index contributed by atoms with van der Waals surface area (Å²) in [5.74, 6) is 0. The van der Waals surface area contributed by atoms with Crippen LogP contribution in [0.15, 0.2) is 217 Å². The smallest absolute Gasteiger partial charge is 0.143 e. The van der Waals surface area contributed by atoms with Gasteiger partial charge in [0, 0.05) is 39.3 Å². The highest BCUT2D eigenvalue weighted by Gasteiger charge is 2.17. The van der Waals surface area contributed by atoms with Crippen LogP contribution < -0.4 is 4.90 Å². The Morgan fingerprint density at radius 3 is 1.48 bits per heavy atom. The normalized spacial score (nSPS) is 11.6. The molecule has 0 bridgehead atoms. The second-order valence-corrected chi connectivity index (χ2v) is 14.5. The topological polar surface area (TPSA) is 16.4 Å². The Hall–Kier alpha value is -7.42. The van der Waals surface area contributed by atoms with Crippen molar-refractivity contribution in [2.45, 2.75) is 0 Å². The van der Waals surface area contributed by atoms with Crippen molar-refractivity contribution in [1.29, 1.82) is 0 Å². The van der Waals surface area contributed by atoms with E-state index in [0.717, 1.165) is 44.4 Å². The summed E-state index contributed by atoms with van der Waals surface area (Å²) in [6.45, 7) is 0. The zero-order chi connectivity index (χ0) is 37.0. The number of furan rings is 1. The summed E-state index contributed by atoms with van der Waals surface area (Å²) in [6, 6.07) is 76.4. The Bertz CT molecular complexity index is 3210. The Balaban J connectivity index is 0.974. The third kappa shape index (κ3) is 5.42. The molecule has 10 aromatic carbocycles. The Morgan fingerprint density at radius 2 is 0.786 bits per heavy atom. The van der Waals surface area contributed by atoms with Gasteiger partial charge in [0.15, 0.2) is 0 Å². The summed E-state index contributed by atoms with van der Waals surface area (Å²) < 4.78 is 6.64. The number of hydrogen-bond acceptors (Lipinski definition) is 2. The van der Waals surface area contributed by atoms with Gasteiger partial charge in [0.2, 0.25) is 0 Å². The second-order valence-electron chi connectivity index (χ2n) is 14.5. The lowest BCUT2D eigenvalue weighted by atomic mass is 9.92. The summed E-state index contributed by atoms with van der Waals surface area (Å²) in [6.07, 6.45) is 0. The third-order valence-electron chi connectivity index (χ3n) is 11.3. The number of anilines is 3. The van der Waals surface area contributed by atoms with Crippen LogP contribution in [-0.4, -0.2) is 0 Å². The quantitative estimate of drug-likeness (QED) is 0.160. The van der Waals surface area contributed by atoms with Crippen LogP contribution in [0, 0.1) is 0 Å². The van der Waals surface area contributed by atoms with Crippen LogP contribution >= 0.6 is 0 Å². The highest BCUT2D eigenvalue weighted by Crippen LogP contribution is 2.41. The fourth-order valence-corrected chi connectivity index (χ4v) is 8.45. The molecule has 262 valence electrons. The minimum atomic E-state index is 0.871. The van der Waals surface area contributed by atoms with Crippen molar-refractivity contribution in [2.24, 2.45) is 0 Å². The highest BCUT2D eigenvalue weighted by molar-refractivity contribution is 6.16. The van der Waals surface area contributed by atoms with Crippen molar-refractivity contribution >= 4 is 71.3 Å². The van der Waals surface area contributed by atoms with E-state index in [1.807, 2.05) is 0 Å². The summed E-state index contributed by atoms with van der Waals surface area (Å²) in [5, 5.41) is 9.66. The predicted octanol–water partition coefficient (Wildman–Crippen LogP) is 15.5. The number of benzene rings is 10. The van der Waals surface area contributed by atoms with E-state index in [1.165, 1.54) is 60.3 Å². The largest absolute Gasteiger partial charge is 0.455 e. The molecule has 1 heterocycles. The van der Waals surface area contributed by atoms with E-state index in [0.29, 0.717) is 0 Å². The fourth-order valence-electron chi connectivity index (χ4n) is 8.45. The first kappa shape index (κ1) is 32.0. The Morgan fingerprint density at radius 1 is 0.286 bits per heavy atom. The summed E-state index contributed by atoms with van der Waals surface area (Å²) in [7, 11) is 0. The molecule has 11 aromatic rings. The molecule has 0 unspecified atom stereocenters. The van der Waals surface area contributed by atoms with Gasteiger partial charge in [-0.2, -0.15) is 0 Å². The first-order chi connectivity index (χ1) is 27.7. The van der Waals surface area contributed by atoms with Crippen LogP contribution in [0.2, 0.25) is 0 Å². The van der Waals surface area contributed by atoms with Gasteiger partial charge in [-0.05, 0) is 109 Å². The van der Waals surface area contributed by atoms with Gasteiger partial charge >= 0.3 is 0 Å². The molecular weight excluding hydrogens is 679 g/mol. The molecular formula is C54H35NO. The summed E-state index contributed by atoms with van der Waals surface area (Å²) in [4.78, 5) is 2.32. The van der Waals surface area contributed by atoms with Gasteiger partial charge in [0.05, 0.1) is 0 Å². The van der Waals surface area contributed by atoms with Crippen molar-refractivity contribution in [3.63, 3.8) is 0 Å². The Kier molecular flexibility index (Phi) is 7.53. The maximum Gasteiger partial charge on any atom is 0.143 e. The molecule has 2 nitrogen and oxygen atoms in total. The fraction of sp³-hybridized carbons (Fsp3) is 0. The van der Waals surface area contributed by atoms with Crippen molar-refractivity contribution in [1.82, 2.24) is 0 Å². The van der Waals surface area contributed by atoms with E-state index < -0.39 is 0 Å². The van der Waals surface area contributed by atoms with Crippen molar-refractivity contribution in [3.05, 3.63) is 212 Å². The predicted molar refractivity (Wildman–Crippen MR) is 237 cm³/mol. The van der Waals surface area contributed by atoms with Gasteiger partial charge in [-0.25, -0.2) is 0 Å². The highest BCUT2D eigenvalue weighted by atomic mass is 16.3. The molecule has 0 fully saturated rings. The number of nitrogens with zero attached hydrogens (tertiary/aromatic N) is 1. The number of hydrogen-bond donors (Lipinski definition) is 0. The molecule has 0 spiro atoms. The molecule has 0 aliphatic rings. The number of fused-ring (bicyclic) bond motifs is 8. The van der Waals surface area contributed by atoms with E-state index in [9.17, 15) is 0 Å². The number of rotatable bonds is 6. The SMILES string of the molecule is c1ccc(-c2ccc(N(c3ccc(-c4ccc(-c5cc6ccccc6c6ccccc56)cc4)cc3)c3ccc4c(c3)oc3c5ccccc5ccc43)cc2)cc1. The second kappa shape index (κ2) is 13.2. The maximum absolute atomic E-state index is 6.64. The monoisotopic (exact) mass is 713 g/mol. The van der Waals surface area contributed by atoms with E-state index in [-0.39, 0.29) is 0 Å². The minimum absolute atomic E-state index is 0.871. The van der Waals surface area contributed by atoms with Gasteiger partial charge in [-0.3, -0.25) is 0 Å². The lowest BCUT2D eigenvalue weighted by Crippen LogP contribution is -2.09. The van der Waals surface area contributed by atoms with Gasteiger partial charge < -0.3 is 9.32 Å². The van der Waals surface area contributed by atoms with Gasteiger partial charge in [0.25, 0.3) is 0 Å². The molecule has 1 aromatic heterocycles. The summed E-state index contributed by atoms with van der Waals surface area (Å²) >= 11 is 0. The standard InChI is InChI=1S/C54H35NO/c1-2-10-36(11-3-1)38-22-27-43(28-23-38)55(45-31-33-50-51-32-26-40-12-4-7-15-47(40)54(51)56-53(50)35-45)44-29-24-39(25-30-44)37-18-20-41(21-19-37)52-34-42-13-5-6-14-46(42)48-16-8-9-17-49(48)52/h1-35H. The minimum Gasteiger partial charge on any atom is -0.455 e. The van der Waals surface area contributed by atoms with Gasteiger partial charge in [-0.15, -0.1) is 0 Å². The zero-order valence-corrected chi connectivity index (χ0v) is 30.6. The molecule has 2 heteroatoms. The molecule has 11 rings (SSSR count). The zero-order valence-electron chi connectivity index (χ0n) is 30.6. The van der Waals surface area contributed by atoms with Crippen LogP contribution in [0.3, 0.4) is 0 Å². The van der Waals surface area contributed by atoms with E-state index >= 15 is 0 Å². The van der Waals surface area contributed by atoms with Crippen LogP contribution in [0.4, 0.5) is 17.1 Å².